The fraction of sp³-hybridized carbons (Fsp3) is 0.400. The van der Waals surface area contributed by atoms with Crippen LogP contribution in [0.2, 0.25) is 19.6 Å². The van der Waals surface area contributed by atoms with Gasteiger partial charge in [-0.05, 0) is 38.7 Å². The third-order valence-electron chi connectivity index (χ3n) is 1.50. The highest BCUT2D eigenvalue weighted by atomic mass is 28.3. The predicted molar refractivity (Wildman–Crippen MR) is 59.0 cm³/mol. The highest BCUT2D eigenvalue weighted by molar-refractivity contribution is 6.74. The molecule has 0 aliphatic carbocycles. The van der Waals surface area contributed by atoms with Crippen molar-refractivity contribution in [3.63, 3.8) is 0 Å². The SMILES string of the molecule is Cc1ccc(N=N[Si](C)(C)C)cc1. The molecule has 0 saturated heterocycles. The second kappa shape index (κ2) is 3.83. The molecule has 1 aromatic carbocycles. The molecule has 13 heavy (non-hydrogen) atoms. The van der Waals surface area contributed by atoms with Gasteiger partial charge in [0.1, 0.15) is 0 Å². The van der Waals surface area contributed by atoms with Crippen molar-refractivity contribution < 1.29 is 0 Å². The van der Waals surface area contributed by atoms with Crippen molar-refractivity contribution in [2.24, 2.45) is 9.89 Å². The van der Waals surface area contributed by atoms with Gasteiger partial charge in [0.15, 0.2) is 0 Å². The Labute approximate surface area is 80.8 Å². The summed E-state index contributed by atoms with van der Waals surface area (Å²) in [5.41, 5.74) is 2.21. The van der Waals surface area contributed by atoms with Gasteiger partial charge >= 0.3 is 0 Å². The fourth-order valence-corrected chi connectivity index (χ4v) is 1.23. The Balaban J connectivity index is 2.75. The third-order valence-corrected chi connectivity index (χ3v) is 2.20. The van der Waals surface area contributed by atoms with Crippen molar-refractivity contribution in [2.45, 2.75) is 26.6 Å². The molecule has 0 aliphatic heterocycles. The lowest BCUT2D eigenvalue weighted by atomic mass is 10.2. The molecular formula is C10H16N2Si. The molecule has 0 saturated carbocycles. The summed E-state index contributed by atoms with van der Waals surface area (Å²) >= 11 is 0. The second-order valence-electron chi connectivity index (χ2n) is 4.21. The molecule has 1 rings (SSSR count). The van der Waals surface area contributed by atoms with Crippen molar-refractivity contribution in [1.82, 2.24) is 0 Å². The van der Waals surface area contributed by atoms with Crippen LogP contribution in [0.1, 0.15) is 5.56 Å². The highest BCUT2D eigenvalue weighted by Crippen LogP contribution is 2.15. The molecule has 0 aliphatic rings. The molecule has 0 radical (unpaired) electrons. The van der Waals surface area contributed by atoms with Crippen LogP contribution in [0.5, 0.6) is 0 Å². The number of rotatable bonds is 2. The third kappa shape index (κ3) is 3.99. The van der Waals surface area contributed by atoms with E-state index in [2.05, 4.69) is 48.6 Å². The summed E-state index contributed by atoms with van der Waals surface area (Å²) in [6.45, 7) is 8.58. The number of hydrogen-bond donors (Lipinski definition) is 0. The molecule has 0 fully saturated rings. The van der Waals surface area contributed by atoms with Crippen LogP contribution in [-0.2, 0) is 0 Å². The van der Waals surface area contributed by atoms with Crippen LogP contribution in [0.4, 0.5) is 5.69 Å². The van der Waals surface area contributed by atoms with Gasteiger partial charge < -0.3 is 0 Å². The topological polar surface area (TPSA) is 24.7 Å². The van der Waals surface area contributed by atoms with E-state index in [1.807, 2.05) is 12.1 Å². The van der Waals surface area contributed by atoms with E-state index >= 15 is 0 Å². The molecule has 0 unspecified atom stereocenters. The minimum Gasteiger partial charge on any atom is -0.234 e. The lowest BCUT2D eigenvalue weighted by Crippen LogP contribution is -2.14. The average Bonchev–Trinajstić information content (AvgIpc) is 2.02. The van der Waals surface area contributed by atoms with E-state index in [1.54, 1.807) is 0 Å². The Morgan fingerprint density at radius 1 is 1.00 bits per heavy atom. The van der Waals surface area contributed by atoms with E-state index < -0.39 is 8.24 Å². The van der Waals surface area contributed by atoms with Crippen LogP contribution in [0.3, 0.4) is 0 Å². The van der Waals surface area contributed by atoms with E-state index in [4.69, 9.17) is 0 Å². The van der Waals surface area contributed by atoms with E-state index in [9.17, 15) is 0 Å². The first-order valence-corrected chi connectivity index (χ1v) is 7.92. The molecule has 0 aromatic heterocycles. The molecule has 1 aromatic rings. The summed E-state index contributed by atoms with van der Waals surface area (Å²) in [7, 11) is -1.40. The summed E-state index contributed by atoms with van der Waals surface area (Å²) < 4.78 is 4.32. The van der Waals surface area contributed by atoms with Gasteiger partial charge in [0.05, 0.1) is 5.69 Å². The maximum Gasteiger partial charge on any atom is 0.200 e. The molecule has 0 N–H and O–H groups in total. The van der Waals surface area contributed by atoms with Crippen LogP contribution >= 0.6 is 0 Å². The van der Waals surface area contributed by atoms with Gasteiger partial charge in [0.25, 0.3) is 0 Å². The van der Waals surface area contributed by atoms with Gasteiger partial charge in [-0.15, -0.1) is 0 Å². The lowest BCUT2D eigenvalue weighted by molar-refractivity contribution is 1.25. The predicted octanol–water partition coefficient (Wildman–Crippen LogP) is 3.91. The van der Waals surface area contributed by atoms with Crippen LogP contribution in [-0.4, -0.2) is 8.24 Å². The Kier molecular flexibility index (Phi) is 2.98. The van der Waals surface area contributed by atoms with Gasteiger partial charge in [-0.25, -0.2) is 4.78 Å². The smallest absolute Gasteiger partial charge is 0.200 e. The van der Waals surface area contributed by atoms with Gasteiger partial charge in [-0.3, -0.25) is 0 Å². The van der Waals surface area contributed by atoms with Crippen LogP contribution < -0.4 is 0 Å². The standard InChI is InChI=1S/C10H16N2Si/c1-9-5-7-10(8-6-9)11-12-13(2,3)4/h5-8H,1-4H3. The zero-order chi connectivity index (χ0) is 9.90. The molecule has 70 valence electrons. The molecular weight excluding hydrogens is 176 g/mol. The zero-order valence-corrected chi connectivity index (χ0v) is 9.70. The van der Waals surface area contributed by atoms with Crippen molar-refractivity contribution in [2.75, 3.05) is 0 Å². The van der Waals surface area contributed by atoms with Gasteiger partial charge in [0, 0.05) is 0 Å². The Bertz CT molecular complexity index is 296. The molecule has 3 heteroatoms. The second-order valence-corrected chi connectivity index (χ2v) is 8.75. The van der Waals surface area contributed by atoms with Crippen molar-refractivity contribution in [1.29, 1.82) is 0 Å². The molecule has 0 bridgehead atoms. The van der Waals surface area contributed by atoms with Gasteiger partial charge in [0.2, 0.25) is 8.24 Å². The quantitative estimate of drug-likeness (QED) is 0.501. The highest BCUT2D eigenvalue weighted by Gasteiger charge is 2.10. The first-order valence-electron chi connectivity index (χ1n) is 4.47. The fourth-order valence-electron chi connectivity index (χ4n) is 0.819. The monoisotopic (exact) mass is 192 g/mol. The molecule has 0 atom stereocenters. The van der Waals surface area contributed by atoms with Crippen molar-refractivity contribution in [3.8, 4) is 0 Å². The van der Waals surface area contributed by atoms with Crippen LogP contribution in [0.25, 0.3) is 0 Å². The van der Waals surface area contributed by atoms with Crippen molar-refractivity contribution >= 4 is 13.9 Å². The Hall–Kier alpha value is -0.963. The summed E-state index contributed by atoms with van der Waals surface area (Å²) in [6, 6.07) is 8.11. The maximum absolute atomic E-state index is 4.32. The summed E-state index contributed by atoms with van der Waals surface area (Å²) in [6.07, 6.45) is 0. The molecule has 2 nitrogen and oxygen atoms in total. The number of benzene rings is 1. The largest absolute Gasteiger partial charge is 0.234 e. The van der Waals surface area contributed by atoms with Gasteiger partial charge in [-0.1, -0.05) is 17.7 Å². The minimum atomic E-state index is -1.40. The van der Waals surface area contributed by atoms with E-state index in [-0.39, 0.29) is 0 Å². The lowest BCUT2D eigenvalue weighted by Gasteiger charge is -2.05. The van der Waals surface area contributed by atoms with E-state index in [0.29, 0.717) is 0 Å². The Morgan fingerprint density at radius 3 is 2.00 bits per heavy atom. The maximum atomic E-state index is 4.32. The minimum absolute atomic E-state index is 0.952. The van der Waals surface area contributed by atoms with Crippen molar-refractivity contribution in [3.05, 3.63) is 29.8 Å². The van der Waals surface area contributed by atoms with Gasteiger partial charge in [-0.2, -0.15) is 5.11 Å². The summed E-state index contributed by atoms with van der Waals surface area (Å²) in [5, 5.41) is 4.21. The Morgan fingerprint density at radius 2 is 1.54 bits per heavy atom. The molecule has 0 amide bonds. The normalized spacial score (nSPS) is 12.3. The zero-order valence-electron chi connectivity index (χ0n) is 8.70. The number of aryl methyl sites for hydroxylation is 1. The van der Waals surface area contributed by atoms with E-state index in [1.165, 1.54) is 5.56 Å². The van der Waals surface area contributed by atoms with Crippen LogP contribution in [0.15, 0.2) is 34.2 Å². The molecule has 0 heterocycles. The first-order chi connectivity index (χ1) is 5.97. The number of nitrogens with zero attached hydrogens (tertiary/aromatic N) is 2. The number of hydrogen-bond acceptors (Lipinski definition) is 2. The van der Waals surface area contributed by atoms with Crippen LogP contribution in [0, 0.1) is 6.92 Å². The summed E-state index contributed by atoms with van der Waals surface area (Å²) in [5.74, 6) is 0. The summed E-state index contributed by atoms with van der Waals surface area (Å²) in [4.78, 5) is 0. The van der Waals surface area contributed by atoms with E-state index in [0.717, 1.165) is 5.69 Å². The average molecular weight is 192 g/mol. The molecule has 0 spiro atoms. The first kappa shape index (κ1) is 10.1.